The van der Waals surface area contributed by atoms with Gasteiger partial charge in [0, 0.05) is 5.56 Å². The molecule has 28 heavy (non-hydrogen) atoms. The summed E-state index contributed by atoms with van der Waals surface area (Å²) in [6.45, 7) is 0. The maximum absolute atomic E-state index is 12.8. The first-order valence-corrected chi connectivity index (χ1v) is 8.79. The Labute approximate surface area is 163 Å². The van der Waals surface area contributed by atoms with Crippen LogP contribution in [-0.2, 0) is 0 Å². The second kappa shape index (κ2) is 8.64. The summed E-state index contributed by atoms with van der Waals surface area (Å²) < 4.78 is 0. The maximum Gasteiger partial charge on any atom is 0.188 e. The van der Waals surface area contributed by atoms with E-state index in [0.717, 1.165) is 11.1 Å². The Kier molecular flexibility index (Phi) is 5.82. The molecule has 0 unspecified atom stereocenters. The van der Waals surface area contributed by atoms with Gasteiger partial charge in [-0.05, 0) is 35.4 Å². The molecule has 0 spiro atoms. The highest BCUT2D eigenvalue weighted by Gasteiger charge is 2.18. The predicted molar refractivity (Wildman–Crippen MR) is 115 cm³/mol. The minimum absolute atomic E-state index is 0.113. The van der Waals surface area contributed by atoms with Crippen LogP contribution in [0.4, 0.5) is 11.4 Å². The number of hydrogen-bond acceptors (Lipinski definition) is 4. The third-order valence-electron chi connectivity index (χ3n) is 4.24. The first-order valence-electron chi connectivity index (χ1n) is 8.79. The zero-order valence-electron chi connectivity index (χ0n) is 15.2. The largest absolute Gasteiger partial charge is 0.397 e. The van der Waals surface area contributed by atoms with E-state index < -0.39 is 0 Å². The Balaban J connectivity index is 1.93. The zero-order chi connectivity index (χ0) is 19.9. The molecule has 0 radical (unpaired) electrons. The van der Waals surface area contributed by atoms with Crippen molar-refractivity contribution in [2.75, 3.05) is 11.5 Å². The summed E-state index contributed by atoms with van der Waals surface area (Å²) in [5, 5.41) is 0. The second-order valence-corrected chi connectivity index (χ2v) is 6.21. The summed E-state index contributed by atoms with van der Waals surface area (Å²) in [6, 6.07) is 21.9. The van der Waals surface area contributed by atoms with E-state index >= 15 is 0 Å². The number of ketones is 2. The number of carbonyl (C=O) groups excluding carboxylic acids is 2. The van der Waals surface area contributed by atoms with E-state index in [1.54, 1.807) is 12.2 Å². The van der Waals surface area contributed by atoms with Gasteiger partial charge < -0.3 is 11.5 Å². The lowest BCUT2D eigenvalue weighted by Crippen LogP contribution is -2.11. The topological polar surface area (TPSA) is 86.2 Å². The van der Waals surface area contributed by atoms with Gasteiger partial charge in [-0.15, -0.1) is 0 Å². The zero-order valence-corrected chi connectivity index (χ0v) is 15.2. The summed E-state index contributed by atoms with van der Waals surface area (Å²) in [5.74, 6) is -0.683. The van der Waals surface area contributed by atoms with Crippen LogP contribution in [0.3, 0.4) is 0 Å². The van der Waals surface area contributed by atoms with E-state index in [1.807, 2.05) is 60.7 Å². The van der Waals surface area contributed by atoms with Crippen molar-refractivity contribution in [3.63, 3.8) is 0 Å². The number of allylic oxidation sites excluding steroid dienone is 2. The van der Waals surface area contributed by atoms with Crippen molar-refractivity contribution >= 4 is 35.1 Å². The Morgan fingerprint density at radius 2 is 1.14 bits per heavy atom. The highest BCUT2D eigenvalue weighted by molar-refractivity contribution is 6.20. The normalized spacial score (nSPS) is 11.1. The number of nitrogen functional groups attached to an aromatic ring is 2. The fourth-order valence-electron chi connectivity index (χ4n) is 2.75. The van der Waals surface area contributed by atoms with Gasteiger partial charge in [-0.25, -0.2) is 0 Å². The molecule has 4 nitrogen and oxygen atoms in total. The quantitative estimate of drug-likeness (QED) is 0.377. The van der Waals surface area contributed by atoms with Crippen molar-refractivity contribution in [2.24, 2.45) is 0 Å². The van der Waals surface area contributed by atoms with Gasteiger partial charge in [-0.3, -0.25) is 9.59 Å². The van der Waals surface area contributed by atoms with Gasteiger partial charge in [0.05, 0.1) is 16.9 Å². The molecule has 4 heteroatoms. The number of anilines is 2. The fourth-order valence-corrected chi connectivity index (χ4v) is 2.75. The van der Waals surface area contributed by atoms with Crippen LogP contribution in [0.2, 0.25) is 0 Å². The Bertz CT molecular complexity index is 1050. The molecule has 0 fully saturated rings. The molecule has 3 rings (SSSR count). The summed E-state index contributed by atoms with van der Waals surface area (Å²) in [7, 11) is 0. The Morgan fingerprint density at radius 1 is 0.643 bits per heavy atom. The van der Waals surface area contributed by atoms with Gasteiger partial charge in [-0.1, -0.05) is 72.8 Å². The highest BCUT2D eigenvalue weighted by atomic mass is 16.1. The monoisotopic (exact) mass is 368 g/mol. The molecule has 0 bridgehead atoms. The standard InChI is InChI=1S/C24H20N2O2/c25-20-14-13-19(21(27)15-11-17-7-3-1-4-8-17)23(24(20)26)22(28)16-12-18-9-5-2-6-10-18/h1-16H,25-26H2. The summed E-state index contributed by atoms with van der Waals surface area (Å²) in [4.78, 5) is 25.5. The van der Waals surface area contributed by atoms with Crippen molar-refractivity contribution < 1.29 is 9.59 Å². The number of hydrogen-bond donors (Lipinski definition) is 2. The molecule has 0 saturated carbocycles. The van der Waals surface area contributed by atoms with E-state index in [-0.39, 0.29) is 34.1 Å². The third kappa shape index (κ3) is 4.43. The molecule has 0 amide bonds. The van der Waals surface area contributed by atoms with Crippen molar-refractivity contribution in [1.82, 2.24) is 0 Å². The number of rotatable bonds is 6. The van der Waals surface area contributed by atoms with Crippen LogP contribution in [0, 0.1) is 0 Å². The maximum atomic E-state index is 12.8. The average molecular weight is 368 g/mol. The van der Waals surface area contributed by atoms with Crippen molar-refractivity contribution in [2.45, 2.75) is 0 Å². The Morgan fingerprint density at radius 3 is 1.68 bits per heavy atom. The molecular formula is C24H20N2O2. The van der Waals surface area contributed by atoms with Crippen molar-refractivity contribution in [1.29, 1.82) is 0 Å². The van der Waals surface area contributed by atoms with E-state index in [0.29, 0.717) is 0 Å². The molecule has 138 valence electrons. The first-order chi connectivity index (χ1) is 13.6. The lowest BCUT2D eigenvalue weighted by molar-refractivity contribution is 0.101. The Hall–Kier alpha value is -3.92. The van der Waals surface area contributed by atoms with Crippen LogP contribution in [0.1, 0.15) is 31.8 Å². The molecule has 0 heterocycles. The first kappa shape index (κ1) is 18.9. The lowest BCUT2D eigenvalue weighted by Gasteiger charge is -2.10. The van der Waals surface area contributed by atoms with E-state index in [1.165, 1.54) is 24.3 Å². The van der Waals surface area contributed by atoms with E-state index in [2.05, 4.69) is 0 Å². The lowest BCUT2D eigenvalue weighted by atomic mass is 9.96. The molecule has 0 aromatic heterocycles. The molecular weight excluding hydrogens is 348 g/mol. The van der Waals surface area contributed by atoms with Gasteiger partial charge in [0.15, 0.2) is 11.6 Å². The highest BCUT2D eigenvalue weighted by Crippen LogP contribution is 2.26. The minimum Gasteiger partial charge on any atom is -0.397 e. The van der Waals surface area contributed by atoms with Gasteiger partial charge in [0.2, 0.25) is 0 Å². The molecule has 0 atom stereocenters. The molecule has 0 aliphatic carbocycles. The van der Waals surface area contributed by atoms with Crippen molar-refractivity contribution in [3.05, 3.63) is 107 Å². The molecule has 4 N–H and O–H groups in total. The minimum atomic E-state index is -0.370. The van der Waals surface area contributed by atoms with E-state index in [9.17, 15) is 9.59 Å². The van der Waals surface area contributed by atoms with Gasteiger partial charge in [-0.2, -0.15) is 0 Å². The fraction of sp³-hybridized carbons (Fsp3) is 0. The summed E-state index contributed by atoms with van der Waals surface area (Å²) in [5.41, 5.74) is 14.4. The number of nitrogens with two attached hydrogens (primary N) is 2. The third-order valence-corrected chi connectivity index (χ3v) is 4.24. The molecule has 3 aromatic rings. The van der Waals surface area contributed by atoms with Crippen LogP contribution in [0.5, 0.6) is 0 Å². The number of benzene rings is 3. The molecule has 0 saturated heterocycles. The summed E-state index contributed by atoms with van der Waals surface area (Å²) in [6.07, 6.45) is 6.21. The molecule has 0 aliphatic heterocycles. The van der Waals surface area contributed by atoms with Crippen LogP contribution in [0.25, 0.3) is 12.2 Å². The van der Waals surface area contributed by atoms with Gasteiger partial charge >= 0.3 is 0 Å². The number of carbonyl (C=O) groups is 2. The molecule has 3 aromatic carbocycles. The van der Waals surface area contributed by atoms with E-state index in [4.69, 9.17) is 11.5 Å². The van der Waals surface area contributed by atoms with Gasteiger partial charge in [0.1, 0.15) is 0 Å². The predicted octanol–water partition coefficient (Wildman–Crippen LogP) is 4.64. The van der Waals surface area contributed by atoms with Crippen LogP contribution < -0.4 is 11.5 Å². The van der Waals surface area contributed by atoms with Crippen molar-refractivity contribution in [3.8, 4) is 0 Å². The van der Waals surface area contributed by atoms with Crippen LogP contribution in [0.15, 0.2) is 84.9 Å². The van der Waals surface area contributed by atoms with Crippen LogP contribution in [-0.4, -0.2) is 11.6 Å². The summed E-state index contributed by atoms with van der Waals surface area (Å²) >= 11 is 0. The van der Waals surface area contributed by atoms with Crippen LogP contribution >= 0.6 is 0 Å². The average Bonchev–Trinajstić information content (AvgIpc) is 2.73. The SMILES string of the molecule is Nc1ccc(C(=O)C=Cc2ccccc2)c(C(=O)C=Cc2ccccc2)c1N. The molecule has 0 aliphatic rings. The smallest absolute Gasteiger partial charge is 0.188 e. The van der Waals surface area contributed by atoms with Gasteiger partial charge in [0.25, 0.3) is 0 Å². The second-order valence-electron chi connectivity index (χ2n) is 6.21.